The Morgan fingerprint density at radius 3 is 2.74 bits per heavy atom. The van der Waals surface area contributed by atoms with Gasteiger partial charge in [0.1, 0.15) is 5.02 Å². The quantitative estimate of drug-likeness (QED) is 0.614. The number of nitrogens with zero attached hydrogens (tertiary/aromatic N) is 1. The molecule has 1 aromatic rings. The number of nitro benzene ring substituents is 1. The van der Waals surface area contributed by atoms with Crippen molar-refractivity contribution in [2.45, 2.75) is 13.0 Å². The predicted octanol–water partition coefficient (Wildman–Crippen LogP) is 2.07. The van der Waals surface area contributed by atoms with Gasteiger partial charge in [0, 0.05) is 18.9 Å². The van der Waals surface area contributed by atoms with Crippen LogP contribution in [0.5, 0.6) is 0 Å². The molecule has 1 rings (SSSR count). The van der Waals surface area contributed by atoms with Crippen molar-refractivity contribution < 1.29 is 19.6 Å². The topological polar surface area (TPSA) is 102 Å². The van der Waals surface area contributed by atoms with Crippen LogP contribution in [0.2, 0.25) is 5.02 Å². The van der Waals surface area contributed by atoms with E-state index in [9.17, 15) is 14.9 Å². The van der Waals surface area contributed by atoms with Gasteiger partial charge in [-0.15, -0.1) is 0 Å². The summed E-state index contributed by atoms with van der Waals surface area (Å²) >= 11 is 5.78. The number of aryl methyl sites for hydroxylation is 1. The molecule has 0 aliphatic carbocycles. The highest BCUT2D eigenvalue weighted by atomic mass is 35.5. The number of anilines is 1. The molecule has 1 aromatic carbocycles. The largest absolute Gasteiger partial charge is 0.479 e. The molecular formula is C11H13ClN2O5. The van der Waals surface area contributed by atoms with Crippen molar-refractivity contribution in [3.8, 4) is 0 Å². The lowest BCUT2D eigenvalue weighted by Crippen LogP contribution is -2.30. The van der Waals surface area contributed by atoms with Crippen LogP contribution in [0, 0.1) is 17.0 Å². The van der Waals surface area contributed by atoms with Gasteiger partial charge in [0.15, 0.2) is 6.10 Å². The van der Waals surface area contributed by atoms with E-state index in [2.05, 4.69) is 5.32 Å². The summed E-state index contributed by atoms with van der Waals surface area (Å²) in [5.74, 6) is -1.10. The molecule has 0 bridgehead atoms. The molecule has 0 aromatic heterocycles. The summed E-state index contributed by atoms with van der Waals surface area (Å²) in [6.07, 6.45) is -1.01. The van der Waals surface area contributed by atoms with Gasteiger partial charge in [-0.3, -0.25) is 10.1 Å². The highest BCUT2D eigenvalue weighted by Crippen LogP contribution is 2.30. The zero-order valence-electron chi connectivity index (χ0n) is 10.3. The molecular weight excluding hydrogens is 276 g/mol. The maximum Gasteiger partial charge on any atom is 0.334 e. The molecule has 1 unspecified atom stereocenters. The van der Waals surface area contributed by atoms with Crippen LogP contribution in [0.4, 0.5) is 11.4 Å². The Bertz CT molecular complexity index is 506. The highest BCUT2D eigenvalue weighted by Gasteiger charge is 2.18. The van der Waals surface area contributed by atoms with Gasteiger partial charge >= 0.3 is 5.97 Å². The predicted molar refractivity (Wildman–Crippen MR) is 69.8 cm³/mol. The van der Waals surface area contributed by atoms with Crippen LogP contribution in [-0.4, -0.2) is 35.8 Å². The molecule has 0 aliphatic rings. The second kappa shape index (κ2) is 6.35. The first-order chi connectivity index (χ1) is 8.86. The summed E-state index contributed by atoms with van der Waals surface area (Å²) in [4.78, 5) is 20.9. The Kier molecular flexibility index (Phi) is 5.08. The molecule has 0 spiro atoms. The number of methoxy groups -OCH3 is 1. The second-order valence-electron chi connectivity index (χ2n) is 3.82. The minimum Gasteiger partial charge on any atom is -0.479 e. The number of rotatable bonds is 6. The lowest BCUT2D eigenvalue weighted by atomic mass is 10.1. The average Bonchev–Trinajstić information content (AvgIpc) is 2.32. The second-order valence-corrected chi connectivity index (χ2v) is 4.23. The summed E-state index contributed by atoms with van der Waals surface area (Å²) in [6.45, 7) is 1.69. The van der Waals surface area contributed by atoms with Crippen molar-refractivity contribution in [3.63, 3.8) is 0 Å². The van der Waals surface area contributed by atoms with E-state index in [0.717, 1.165) is 0 Å². The third-order valence-corrected chi connectivity index (χ3v) is 2.83. The summed E-state index contributed by atoms with van der Waals surface area (Å²) in [7, 11) is 1.29. The number of ether oxygens (including phenoxy) is 1. The molecule has 0 radical (unpaired) electrons. The van der Waals surface area contributed by atoms with Gasteiger partial charge in [0.2, 0.25) is 0 Å². The van der Waals surface area contributed by atoms with Gasteiger partial charge in [-0.25, -0.2) is 4.79 Å². The van der Waals surface area contributed by atoms with Gasteiger partial charge in [-0.1, -0.05) is 11.6 Å². The van der Waals surface area contributed by atoms with E-state index in [1.54, 1.807) is 6.92 Å². The Morgan fingerprint density at radius 2 is 2.26 bits per heavy atom. The first-order valence-corrected chi connectivity index (χ1v) is 5.68. The SMILES string of the molecule is COC(CNc1cc(Cl)c([N+](=O)[O-])cc1C)C(=O)O. The number of carboxylic acid groups (broad SMARTS) is 1. The molecule has 7 nitrogen and oxygen atoms in total. The molecule has 1 atom stereocenters. The molecule has 0 heterocycles. The van der Waals surface area contributed by atoms with Gasteiger partial charge in [-0.2, -0.15) is 0 Å². The van der Waals surface area contributed by atoms with E-state index in [1.165, 1.54) is 19.2 Å². The average molecular weight is 289 g/mol. The van der Waals surface area contributed by atoms with Gasteiger partial charge < -0.3 is 15.2 Å². The van der Waals surface area contributed by atoms with Crippen molar-refractivity contribution in [1.82, 2.24) is 0 Å². The van der Waals surface area contributed by atoms with E-state index < -0.39 is 17.0 Å². The van der Waals surface area contributed by atoms with Gasteiger partial charge in [0.25, 0.3) is 5.69 Å². The van der Waals surface area contributed by atoms with E-state index in [1.807, 2.05) is 0 Å². The zero-order chi connectivity index (χ0) is 14.6. The zero-order valence-corrected chi connectivity index (χ0v) is 11.1. The van der Waals surface area contributed by atoms with Crippen molar-refractivity contribution in [1.29, 1.82) is 0 Å². The fourth-order valence-corrected chi connectivity index (χ4v) is 1.70. The fourth-order valence-electron chi connectivity index (χ4n) is 1.47. The lowest BCUT2D eigenvalue weighted by Gasteiger charge is -2.14. The summed E-state index contributed by atoms with van der Waals surface area (Å²) < 4.78 is 4.76. The third-order valence-electron chi connectivity index (χ3n) is 2.53. The Hall–Kier alpha value is -1.86. The summed E-state index contributed by atoms with van der Waals surface area (Å²) in [5.41, 5.74) is 0.932. The molecule has 104 valence electrons. The molecule has 0 saturated carbocycles. The Labute approximate surface area is 114 Å². The number of benzene rings is 1. The van der Waals surface area contributed by atoms with Crippen LogP contribution >= 0.6 is 11.6 Å². The third kappa shape index (κ3) is 3.80. The Morgan fingerprint density at radius 1 is 1.63 bits per heavy atom. The summed E-state index contributed by atoms with van der Waals surface area (Å²) in [5, 5.41) is 22.3. The molecule has 8 heteroatoms. The first-order valence-electron chi connectivity index (χ1n) is 5.30. The number of hydrogen-bond donors (Lipinski definition) is 2. The molecule has 0 aliphatic heterocycles. The van der Waals surface area contributed by atoms with Crippen molar-refractivity contribution >= 4 is 28.9 Å². The minimum atomic E-state index is -1.10. The Balaban J connectivity index is 2.88. The van der Waals surface area contributed by atoms with E-state index in [0.29, 0.717) is 11.3 Å². The first kappa shape index (κ1) is 15.2. The van der Waals surface area contributed by atoms with Crippen LogP contribution in [0.3, 0.4) is 0 Å². The van der Waals surface area contributed by atoms with Gasteiger partial charge in [-0.05, 0) is 18.6 Å². The molecule has 2 N–H and O–H groups in total. The minimum absolute atomic E-state index is 0.0117. The van der Waals surface area contributed by atoms with Crippen LogP contribution in [0.15, 0.2) is 12.1 Å². The molecule has 0 amide bonds. The van der Waals surface area contributed by atoms with Gasteiger partial charge in [0.05, 0.1) is 11.5 Å². The summed E-state index contributed by atoms with van der Waals surface area (Å²) in [6, 6.07) is 2.72. The fraction of sp³-hybridized carbons (Fsp3) is 0.364. The number of nitrogens with one attached hydrogen (secondary N) is 1. The maximum atomic E-state index is 10.8. The molecule has 0 fully saturated rings. The van der Waals surface area contributed by atoms with E-state index in [4.69, 9.17) is 21.4 Å². The van der Waals surface area contributed by atoms with Crippen LogP contribution < -0.4 is 5.32 Å². The normalized spacial score (nSPS) is 11.9. The van der Waals surface area contributed by atoms with Crippen molar-refractivity contribution in [2.24, 2.45) is 0 Å². The number of carboxylic acids is 1. The van der Waals surface area contributed by atoms with Crippen LogP contribution in [0.1, 0.15) is 5.56 Å². The number of halogens is 1. The number of nitro groups is 1. The smallest absolute Gasteiger partial charge is 0.334 e. The molecule has 0 saturated heterocycles. The van der Waals surface area contributed by atoms with Crippen molar-refractivity contribution in [3.05, 3.63) is 32.8 Å². The lowest BCUT2D eigenvalue weighted by molar-refractivity contribution is -0.384. The maximum absolute atomic E-state index is 10.8. The number of carbonyl (C=O) groups is 1. The van der Waals surface area contributed by atoms with E-state index >= 15 is 0 Å². The van der Waals surface area contributed by atoms with E-state index in [-0.39, 0.29) is 17.3 Å². The van der Waals surface area contributed by atoms with Crippen LogP contribution in [-0.2, 0) is 9.53 Å². The van der Waals surface area contributed by atoms with Crippen molar-refractivity contribution in [2.75, 3.05) is 19.0 Å². The highest BCUT2D eigenvalue weighted by molar-refractivity contribution is 6.33. The number of hydrogen-bond acceptors (Lipinski definition) is 5. The standard InChI is InChI=1S/C11H13ClN2O5/c1-6-3-9(14(17)18)7(12)4-8(6)13-5-10(19-2)11(15)16/h3-4,10,13H,5H2,1-2H3,(H,15,16). The van der Waals surface area contributed by atoms with Crippen LogP contribution in [0.25, 0.3) is 0 Å². The number of aliphatic carboxylic acids is 1. The molecule has 19 heavy (non-hydrogen) atoms. The monoisotopic (exact) mass is 288 g/mol.